The Morgan fingerprint density at radius 2 is 2.03 bits per heavy atom. The van der Waals surface area contributed by atoms with Crippen LogP contribution >= 0.6 is 0 Å². The van der Waals surface area contributed by atoms with E-state index in [9.17, 15) is 9.90 Å². The average Bonchev–Trinajstić information content (AvgIpc) is 2.82. The molecule has 1 unspecified atom stereocenters. The molecule has 1 aliphatic rings. The number of allylic oxidation sites excluding steroid dienone is 1. The summed E-state index contributed by atoms with van der Waals surface area (Å²) in [5.41, 5.74) is 4.77. The van der Waals surface area contributed by atoms with Gasteiger partial charge < -0.3 is 14.6 Å². The molecule has 1 aliphatic heterocycles. The van der Waals surface area contributed by atoms with Crippen molar-refractivity contribution in [2.45, 2.75) is 26.0 Å². The third kappa shape index (κ3) is 6.39. The van der Waals surface area contributed by atoms with Crippen LogP contribution in [0.15, 0.2) is 71.4 Å². The summed E-state index contributed by atoms with van der Waals surface area (Å²) in [5.74, 6) is 0.177. The number of carbonyl (C=O) groups excluding carboxylic acids is 1. The summed E-state index contributed by atoms with van der Waals surface area (Å²) in [4.78, 5) is 17.8. The van der Waals surface area contributed by atoms with Gasteiger partial charge in [-0.05, 0) is 60.5 Å². The summed E-state index contributed by atoms with van der Waals surface area (Å²) >= 11 is 0. The topological polar surface area (TPSA) is 71.4 Å². The first-order valence-electron chi connectivity index (χ1n) is 10.6. The summed E-state index contributed by atoms with van der Waals surface area (Å²) in [6, 6.07) is 16.0. The predicted octanol–water partition coefficient (Wildman–Crippen LogP) is 3.65. The van der Waals surface area contributed by atoms with Gasteiger partial charge in [0, 0.05) is 25.8 Å². The molecular weight excluding hydrogens is 404 g/mol. The lowest BCUT2D eigenvalue weighted by Gasteiger charge is -2.30. The molecule has 2 aromatic carbocycles. The van der Waals surface area contributed by atoms with Gasteiger partial charge in [0.05, 0.1) is 12.7 Å². The first-order chi connectivity index (χ1) is 15.5. The van der Waals surface area contributed by atoms with Crippen molar-refractivity contribution in [2.24, 2.45) is 4.99 Å². The van der Waals surface area contributed by atoms with Gasteiger partial charge in [-0.1, -0.05) is 36.4 Å². The molecule has 2 aromatic rings. The molecule has 0 radical (unpaired) electrons. The highest BCUT2D eigenvalue weighted by Crippen LogP contribution is 2.22. The van der Waals surface area contributed by atoms with Crippen molar-refractivity contribution in [1.29, 1.82) is 0 Å². The second kappa shape index (κ2) is 11.4. The number of aliphatic hydroxyl groups is 1. The molecule has 168 valence electrons. The number of aliphatic imine (C=N–C) groups is 1. The van der Waals surface area contributed by atoms with E-state index in [1.54, 1.807) is 6.08 Å². The minimum atomic E-state index is -0.590. The molecule has 0 amide bonds. The Morgan fingerprint density at radius 1 is 1.25 bits per heavy atom. The van der Waals surface area contributed by atoms with E-state index in [1.165, 1.54) is 24.4 Å². The summed E-state index contributed by atoms with van der Waals surface area (Å²) in [7, 11) is 1.32. The first kappa shape index (κ1) is 23.4. The van der Waals surface area contributed by atoms with Crippen molar-refractivity contribution >= 4 is 18.3 Å². The summed E-state index contributed by atoms with van der Waals surface area (Å²) in [6.45, 7) is 7.84. The molecule has 0 fully saturated rings. The third-order valence-corrected chi connectivity index (χ3v) is 5.43. The Morgan fingerprint density at radius 3 is 2.78 bits per heavy atom. The number of ether oxygens (including phenoxy) is 2. The maximum Gasteiger partial charge on any atom is 0.339 e. The molecule has 1 atom stereocenters. The summed E-state index contributed by atoms with van der Waals surface area (Å²) in [5, 5.41) is 10.5. The predicted molar refractivity (Wildman–Crippen MR) is 127 cm³/mol. The van der Waals surface area contributed by atoms with Gasteiger partial charge in [0.1, 0.15) is 18.5 Å². The second-order valence-electron chi connectivity index (χ2n) is 7.83. The van der Waals surface area contributed by atoms with Crippen LogP contribution in [0.4, 0.5) is 0 Å². The zero-order valence-electron chi connectivity index (χ0n) is 18.7. The Labute approximate surface area is 189 Å². The number of benzene rings is 2. The van der Waals surface area contributed by atoms with Crippen molar-refractivity contribution in [3.63, 3.8) is 0 Å². The number of rotatable bonds is 9. The molecule has 0 saturated carbocycles. The first-order valence-corrected chi connectivity index (χ1v) is 10.6. The van der Waals surface area contributed by atoms with Gasteiger partial charge in [-0.25, -0.2) is 4.79 Å². The number of carbonyl (C=O) groups is 1. The number of hydrogen-bond acceptors (Lipinski definition) is 6. The van der Waals surface area contributed by atoms with Gasteiger partial charge in [0.15, 0.2) is 0 Å². The molecule has 1 N–H and O–H groups in total. The SMILES string of the molecule is C=N/C=C(\C=C(/C)c1cccc(OCC(O)CN2CCc3ccccc3C2)c1)C(=O)OC. The van der Waals surface area contributed by atoms with Crippen molar-refractivity contribution < 1.29 is 19.4 Å². The van der Waals surface area contributed by atoms with Gasteiger partial charge in [0.2, 0.25) is 0 Å². The quantitative estimate of drug-likeness (QED) is 0.282. The number of hydrogen-bond donors (Lipinski definition) is 1. The molecule has 3 rings (SSSR count). The molecule has 6 nitrogen and oxygen atoms in total. The largest absolute Gasteiger partial charge is 0.491 e. The molecule has 32 heavy (non-hydrogen) atoms. The molecule has 0 spiro atoms. The van der Waals surface area contributed by atoms with E-state index < -0.39 is 12.1 Å². The van der Waals surface area contributed by atoms with Crippen LogP contribution in [0.5, 0.6) is 5.75 Å². The van der Waals surface area contributed by atoms with Gasteiger partial charge in [0.25, 0.3) is 0 Å². The highest BCUT2D eigenvalue weighted by atomic mass is 16.5. The highest BCUT2D eigenvalue weighted by Gasteiger charge is 2.18. The maximum atomic E-state index is 11.9. The lowest BCUT2D eigenvalue weighted by molar-refractivity contribution is -0.135. The fourth-order valence-corrected chi connectivity index (χ4v) is 3.77. The Hall–Kier alpha value is -3.22. The average molecular weight is 435 g/mol. The number of nitrogens with zero attached hydrogens (tertiary/aromatic N) is 2. The normalized spacial score (nSPS) is 15.6. The molecule has 6 heteroatoms. The molecule has 1 heterocycles. The standard InChI is InChI=1S/C26H30N2O4/c1-19(13-23(15-27-2)26(30)31-3)21-9-6-10-25(14-21)32-18-24(29)17-28-12-11-20-7-4-5-8-22(20)16-28/h4-10,13-15,24,29H,2,11-12,16-18H2,1,3H3/b19-13+,23-15+. The zero-order chi connectivity index (χ0) is 22.9. The molecule has 0 aromatic heterocycles. The second-order valence-corrected chi connectivity index (χ2v) is 7.83. The fourth-order valence-electron chi connectivity index (χ4n) is 3.77. The van der Waals surface area contributed by atoms with Crippen LogP contribution in [-0.4, -0.2) is 55.6 Å². The lowest BCUT2D eigenvalue weighted by Crippen LogP contribution is -2.38. The minimum Gasteiger partial charge on any atom is -0.491 e. The van der Waals surface area contributed by atoms with Crippen LogP contribution in [0.25, 0.3) is 5.57 Å². The van der Waals surface area contributed by atoms with Crippen molar-refractivity contribution in [3.8, 4) is 5.75 Å². The number of fused-ring (bicyclic) bond motifs is 1. The van der Waals surface area contributed by atoms with Crippen molar-refractivity contribution in [3.05, 3.63) is 83.1 Å². The summed E-state index contributed by atoms with van der Waals surface area (Å²) < 4.78 is 10.6. The monoisotopic (exact) mass is 434 g/mol. The van der Waals surface area contributed by atoms with E-state index in [1.807, 2.05) is 31.2 Å². The van der Waals surface area contributed by atoms with Gasteiger partial charge in [-0.15, -0.1) is 0 Å². The highest BCUT2D eigenvalue weighted by molar-refractivity contribution is 5.94. The maximum absolute atomic E-state index is 11.9. The van der Waals surface area contributed by atoms with Gasteiger partial charge in [-0.2, -0.15) is 0 Å². The van der Waals surface area contributed by atoms with E-state index in [4.69, 9.17) is 9.47 Å². The summed E-state index contributed by atoms with van der Waals surface area (Å²) in [6.07, 6.45) is 3.47. The van der Waals surface area contributed by atoms with E-state index in [0.29, 0.717) is 17.9 Å². The minimum absolute atomic E-state index is 0.206. The van der Waals surface area contributed by atoms with Crippen molar-refractivity contribution in [2.75, 3.05) is 26.8 Å². The smallest absolute Gasteiger partial charge is 0.339 e. The molecule has 0 aliphatic carbocycles. The Balaban J connectivity index is 1.58. The van der Waals surface area contributed by atoms with Crippen LogP contribution in [-0.2, 0) is 22.5 Å². The number of esters is 1. The lowest BCUT2D eigenvalue weighted by atomic mass is 10.00. The number of β-amino-alcohol motifs (C(OH)–C–C–N with tert-alkyl or cyclic N) is 1. The van der Waals surface area contributed by atoms with E-state index >= 15 is 0 Å². The van der Waals surface area contributed by atoms with Crippen molar-refractivity contribution in [1.82, 2.24) is 4.90 Å². The molecule has 0 saturated heterocycles. The van der Waals surface area contributed by atoms with E-state index in [0.717, 1.165) is 30.6 Å². The van der Waals surface area contributed by atoms with Gasteiger partial charge >= 0.3 is 5.97 Å². The Kier molecular flexibility index (Phi) is 8.36. The molecule has 0 bridgehead atoms. The van der Waals surface area contributed by atoms with Crippen LogP contribution in [0, 0.1) is 0 Å². The van der Waals surface area contributed by atoms with E-state index in [-0.39, 0.29) is 6.61 Å². The van der Waals surface area contributed by atoms with Crippen LogP contribution in [0.2, 0.25) is 0 Å². The van der Waals surface area contributed by atoms with Gasteiger partial charge in [-0.3, -0.25) is 9.89 Å². The Bertz CT molecular complexity index is 1010. The zero-order valence-corrected chi connectivity index (χ0v) is 18.7. The third-order valence-electron chi connectivity index (χ3n) is 5.43. The number of aliphatic hydroxyl groups excluding tert-OH is 1. The van der Waals surface area contributed by atoms with E-state index in [2.05, 4.69) is 40.9 Å². The van der Waals surface area contributed by atoms with Crippen LogP contribution < -0.4 is 4.74 Å². The molecular formula is C26H30N2O4. The number of methoxy groups -OCH3 is 1. The van der Waals surface area contributed by atoms with Crippen LogP contribution in [0.3, 0.4) is 0 Å². The van der Waals surface area contributed by atoms with Crippen LogP contribution in [0.1, 0.15) is 23.6 Å². The fraction of sp³-hybridized carbons (Fsp3) is 0.308.